The van der Waals surface area contributed by atoms with Gasteiger partial charge in [-0.3, -0.25) is 9.59 Å². The number of carbonyl (C=O) groups excluding carboxylic acids is 1. The minimum absolute atomic E-state index is 0.0764. The first kappa shape index (κ1) is 15.4. The van der Waals surface area contributed by atoms with Crippen molar-refractivity contribution in [2.75, 3.05) is 7.11 Å². The van der Waals surface area contributed by atoms with Gasteiger partial charge in [-0.05, 0) is 5.92 Å². The second-order valence-electron chi connectivity index (χ2n) is 3.21. The Morgan fingerprint density at radius 1 is 1.43 bits per heavy atom. The Balaban J connectivity index is 0. The van der Waals surface area contributed by atoms with Crippen LogP contribution >= 0.6 is 0 Å². The van der Waals surface area contributed by atoms with Crippen molar-refractivity contribution in [3.63, 3.8) is 0 Å². The number of hydrogen-bond acceptors (Lipinski definition) is 4. The maximum absolute atomic E-state index is 10.6. The Morgan fingerprint density at radius 3 is 2.00 bits per heavy atom. The van der Waals surface area contributed by atoms with Gasteiger partial charge in [-0.2, -0.15) is 0 Å². The molecule has 0 heterocycles. The Hall–Kier alpha value is -1.10. The summed E-state index contributed by atoms with van der Waals surface area (Å²) < 4.78 is 4.45. The van der Waals surface area contributed by atoms with Gasteiger partial charge in [0.25, 0.3) is 5.97 Å². The van der Waals surface area contributed by atoms with Gasteiger partial charge in [0.2, 0.25) is 0 Å². The van der Waals surface area contributed by atoms with E-state index in [2.05, 4.69) is 4.74 Å². The lowest BCUT2D eigenvalue weighted by Gasteiger charge is -2.12. The van der Waals surface area contributed by atoms with Crippen LogP contribution in [-0.4, -0.2) is 30.2 Å². The van der Waals surface area contributed by atoms with E-state index in [1.807, 2.05) is 13.8 Å². The monoisotopic (exact) mass is 205 g/mol. The maximum Gasteiger partial charge on any atom is 0.307 e. The topological polar surface area (TPSA) is 89.6 Å². The molecule has 0 aromatic heterocycles. The molecule has 0 aliphatic rings. The highest BCUT2D eigenvalue weighted by Gasteiger charge is 2.12. The molecule has 0 radical (unpaired) electrons. The van der Waals surface area contributed by atoms with E-state index in [9.17, 15) is 4.79 Å². The molecule has 5 nitrogen and oxygen atoms in total. The second kappa shape index (κ2) is 8.50. The van der Waals surface area contributed by atoms with Crippen LogP contribution in [0.5, 0.6) is 0 Å². The summed E-state index contributed by atoms with van der Waals surface area (Å²) in [7, 11) is 1.37. The average Bonchev–Trinajstić information content (AvgIpc) is 2.02. The molecule has 0 aromatic rings. The number of ether oxygens (including phenoxy) is 1. The third-order valence-corrected chi connectivity index (χ3v) is 1.49. The maximum atomic E-state index is 10.6. The summed E-state index contributed by atoms with van der Waals surface area (Å²) in [5.41, 5.74) is 5.59. The predicted octanol–water partition coefficient (Wildman–Crippen LogP) is 0.624. The van der Waals surface area contributed by atoms with Crippen molar-refractivity contribution >= 4 is 11.9 Å². The largest absolute Gasteiger partial charge is 0.481 e. The highest BCUT2D eigenvalue weighted by atomic mass is 16.5. The molecule has 0 bridgehead atoms. The molecular formula is C9H19NO4. The lowest BCUT2D eigenvalue weighted by Crippen LogP contribution is -2.29. The highest BCUT2D eigenvalue weighted by molar-refractivity contribution is 5.69. The van der Waals surface area contributed by atoms with Gasteiger partial charge >= 0.3 is 5.97 Å². The van der Waals surface area contributed by atoms with Gasteiger partial charge in [0.15, 0.2) is 0 Å². The van der Waals surface area contributed by atoms with Gasteiger partial charge < -0.3 is 15.6 Å². The minimum atomic E-state index is -0.833. The fraction of sp³-hybridized carbons (Fsp3) is 0.778. The zero-order valence-electron chi connectivity index (χ0n) is 9.11. The number of methoxy groups -OCH3 is 1. The molecule has 5 heteroatoms. The van der Waals surface area contributed by atoms with Crippen molar-refractivity contribution in [3.8, 4) is 0 Å². The molecule has 0 aromatic carbocycles. The van der Waals surface area contributed by atoms with E-state index in [0.717, 1.165) is 6.92 Å². The highest BCUT2D eigenvalue weighted by Crippen LogP contribution is 2.02. The quantitative estimate of drug-likeness (QED) is 0.659. The molecule has 0 aliphatic carbocycles. The van der Waals surface area contributed by atoms with Crippen LogP contribution in [0.25, 0.3) is 0 Å². The minimum Gasteiger partial charge on any atom is -0.481 e. The Labute approximate surface area is 84.2 Å². The van der Waals surface area contributed by atoms with Crippen molar-refractivity contribution in [2.24, 2.45) is 11.7 Å². The smallest absolute Gasteiger partial charge is 0.307 e. The SMILES string of the molecule is CC(=O)O.COC(=O)CC(N)C(C)C. The molecule has 0 saturated heterocycles. The van der Waals surface area contributed by atoms with E-state index in [0.29, 0.717) is 12.3 Å². The summed E-state index contributed by atoms with van der Waals surface area (Å²) in [5.74, 6) is -0.736. The molecule has 0 saturated carbocycles. The van der Waals surface area contributed by atoms with Gasteiger partial charge in [-0.15, -0.1) is 0 Å². The van der Waals surface area contributed by atoms with Crippen LogP contribution in [0.4, 0.5) is 0 Å². The second-order valence-corrected chi connectivity index (χ2v) is 3.21. The van der Waals surface area contributed by atoms with Crippen LogP contribution in [-0.2, 0) is 14.3 Å². The van der Waals surface area contributed by atoms with E-state index in [1.54, 1.807) is 0 Å². The van der Waals surface area contributed by atoms with Crippen molar-refractivity contribution in [1.29, 1.82) is 0 Å². The fourth-order valence-corrected chi connectivity index (χ4v) is 0.511. The summed E-state index contributed by atoms with van der Waals surface area (Å²) in [6.07, 6.45) is 0.314. The molecule has 3 N–H and O–H groups in total. The van der Waals surface area contributed by atoms with Crippen molar-refractivity contribution < 1.29 is 19.4 Å². The van der Waals surface area contributed by atoms with Gasteiger partial charge in [-0.25, -0.2) is 0 Å². The molecular weight excluding hydrogens is 186 g/mol. The number of carboxylic acids is 1. The summed E-state index contributed by atoms with van der Waals surface area (Å²) in [6, 6.07) is -0.0764. The molecule has 0 spiro atoms. The van der Waals surface area contributed by atoms with Crippen molar-refractivity contribution in [2.45, 2.75) is 33.2 Å². The third-order valence-electron chi connectivity index (χ3n) is 1.49. The van der Waals surface area contributed by atoms with Gasteiger partial charge in [-0.1, -0.05) is 13.8 Å². The van der Waals surface area contributed by atoms with Crippen LogP contribution in [0.15, 0.2) is 0 Å². The average molecular weight is 205 g/mol. The summed E-state index contributed by atoms with van der Waals surface area (Å²) >= 11 is 0. The molecule has 1 atom stereocenters. The molecule has 0 rings (SSSR count). The van der Waals surface area contributed by atoms with Gasteiger partial charge in [0, 0.05) is 13.0 Å². The predicted molar refractivity (Wildman–Crippen MR) is 52.8 cm³/mol. The zero-order valence-corrected chi connectivity index (χ0v) is 9.11. The van der Waals surface area contributed by atoms with Gasteiger partial charge in [0.1, 0.15) is 0 Å². The Kier molecular flexibility index (Phi) is 9.33. The number of rotatable bonds is 3. The number of carboxylic acid groups (broad SMARTS) is 1. The lowest BCUT2D eigenvalue weighted by molar-refractivity contribution is -0.141. The Bertz CT molecular complexity index is 176. The van der Waals surface area contributed by atoms with Crippen molar-refractivity contribution in [3.05, 3.63) is 0 Å². The number of nitrogens with two attached hydrogens (primary N) is 1. The third kappa shape index (κ3) is 13.5. The van der Waals surface area contributed by atoms with E-state index < -0.39 is 5.97 Å². The number of carbonyl (C=O) groups is 2. The first-order chi connectivity index (χ1) is 6.31. The number of aliphatic carboxylic acids is 1. The zero-order chi connectivity index (χ0) is 11.7. The fourth-order valence-electron chi connectivity index (χ4n) is 0.511. The molecule has 0 amide bonds. The molecule has 14 heavy (non-hydrogen) atoms. The van der Waals surface area contributed by atoms with E-state index in [-0.39, 0.29) is 12.0 Å². The first-order valence-electron chi connectivity index (χ1n) is 4.33. The van der Waals surface area contributed by atoms with Crippen LogP contribution in [0.1, 0.15) is 27.2 Å². The van der Waals surface area contributed by atoms with Crippen LogP contribution in [0, 0.1) is 5.92 Å². The van der Waals surface area contributed by atoms with E-state index in [4.69, 9.17) is 15.6 Å². The van der Waals surface area contributed by atoms with E-state index in [1.165, 1.54) is 7.11 Å². The van der Waals surface area contributed by atoms with Crippen LogP contribution < -0.4 is 5.73 Å². The van der Waals surface area contributed by atoms with Crippen molar-refractivity contribution in [1.82, 2.24) is 0 Å². The summed E-state index contributed by atoms with van der Waals surface area (Å²) in [6.45, 7) is 5.04. The molecule has 0 fully saturated rings. The first-order valence-corrected chi connectivity index (χ1v) is 4.33. The van der Waals surface area contributed by atoms with Gasteiger partial charge in [0.05, 0.1) is 13.5 Å². The van der Waals surface area contributed by atoms with Crippen LogP contribution in [0.3, 0.4) is 0 Å². The normalized spacial score (nSPS) is 11.3. The Morgan fingerprint density at radius 2 is 1.79 bits per heavy atom. The number of esters is 1. The molecule has 1 unspecified atom stereocenters. The molecule has 0 aliphatic heterocycles. The lowest BCUT2D eigenvalue weighted by atomic mass is 10.0. The number of hydrogen-bond donors (Lipinski definition) is 2. The van der Waals surface area contributed by atoms with E-state index >= 15 is 0 Å². The summed E-state index contributed by atoms with van der Waals surface area (Å²) in [5, 5.41) is 7.42. The van der Waals surface area contributed by atoms with Crippen LogP contribution in [0.2, 0.25) is 0 Å². The standard InChI is InChI=1S/C7H15NO2.C2H4O2/c1-5(2)6(8)4-7(9)10-3;1-2(3)4/h5-6H,4,8H2,1-3H3;1H3,(H,3,4). The summed E-state index contributed by atoms with van der Waals surface area (Å²) in [4.78, 5) is 19.6. The molecule has 84 valence electrons.